The van der Waals surface area contributed by atoms with Gasteiger partial charge in [-0.3, -0.25) is 4.79 Å². The Balaban J connectivity index is 1.86. The molecule has 3 N–H and O–H groups in total. The Labute approximate surface area is 173 Å². The van der Waals surface area contributed by atoms with Crippen LogP contribution in [-0.4, -0.2) is 4.98 Å². The number of hydrogen-bond donors (Lipinski definition) is 2. The van der Waals surface area contributed by atoms with E-state index in [0.717, 1.165) is 38.4 Å². The van der Waals surface area contributed by atoms with E-state index in [4.69, 9.17) is 10.5 Å². The molecule has 0 radical (unpaired) electrons. The van der Waals surface area contributed by atoms with Crippen LogP contribution >= 0.6 is 0 Å². The number of allylic oxidation sites excluding steroid dienone is 1. The van der Waals surface area contributed by atoms with E-state index < -0.39 is 5.92 Å². The average molecular weight is 393 g/mol. The first-order valence-electron chi connectivity index (χ1n) is 9.72. The molecule has 1 aliphatic heterocycles. The molecule has 1 unspecified atom stereocenters. The third-order valence-electron chi connectivity index (χ3n) is 5.89. The lowest BCUT2D eigenvalue weighted by Crippen LogP contribution is -2.25. The Hall–Kier alpha value is -4.04. The van der Waals surface area contributed by atoms with Crippen molar-refractivity contribution in [2.75, 3.05) is 0 Å². The molecular formula is C25H19N3O2. The van der Waals surface area contributed by atoms with E-state index >= 15 is 0 Å². The van der Waals surface area contributed by atoms with Gasteiger partial charge in [-0.1, -0.05) is 48.5 Å². The molecule has 0 saturated carbocycles. The summed E-state index contributed by atoms with van der Waals surface area (Å²) >= 11 is 0. The number of hydrogen-bond acceptors (Lipinski definition) is 4. The number of pyridine rings is 1. The second-order valence-corrected chi connectivity index (χ2v) is 7.67. The van der Waals surface area contributed by atoms with Crippen molar-refractivity contribution in [2.24, 2.45) is 5.73 Å². The summed E-state index contributed by atoms with van der Waals surface area (Å²) in [5.74, 6) is 0.0262. The number of fused-ring (bicyclic) bond motifs is 4. The lowest BCUT2D eigenvalue weighted by atomic mass is 9.82. The van der Waals surface area contributed by atoms with Gasteiger partial charge in [0.15, 0.2) is 0 Å². The molecule has 1 aliphatic rings. The minimum Gasteiger partial charge on any atom is -0.440 e. The predicted molar refractivity (Wildman–Crippen MR) is 117 cm³/mol. The van der Waals surface area contributed by atoms with E-state index in [9.17, 15) is 10.1 Å². The summed E-state index contributed by atoms with van der Waals surface area (Å²) in [5.41, 5.74) is 10.3. The van der Waals surface area contributed by atoms with Gasteiger partial charge in [0.25, 0.3) is 5.56 Å². The first-order valence-corrected chi connectivity index (χ1v) is 9.72. The van der Waals surface area contributed by atoms with Crippen molar-refractivity contribution < 1.29 is 4.74 Å². The minimum atomic E-state index is -0.601. The molecule has 5 rings (SSSR count). The number of aromatic amines is 1. The smallest absolute Gasteiger partial charge is 0.252 e. The van der Waals surface area contributed by atoms with Crippen LogP contribution in [-0.2, 0) is 0 Å². The molecule has 2 heterocycles. The van der Waals surface area contributed by atoms with E-state index in [1.807, 2.05) is 68.4 Å². The number of aryl methyl sites for hydroxylation is 2. The molecule has 0 bridgehead atoms. The van der Waals surface area contributed by atoms with E-state index in [0.29, 0.717) is 11.3 Å². The van der Waals surface area contributed by atoms with Gasteiger partial charge in [0.2, 0.25) is 5.88 Å². The van der Waals surface area contributed by atoms with Gasteiger partial charge in [0.1, 0.15) is 17.4 Å². The molecule has 0 fully saturated rings. The fourth-order valence-electron chi connectivity index (χ4n) is 4.31. The number of nitrogens with zero attached hydrogens (tertiary/aromatic N) is 1. The second kappa shape index (κ2) is 6.50. The number of aromatic nitrogens is 1. The second-order valence-electron chi connectivity index (χ2n) is 7.67. The van der Waals surface area contributed by atoms with Gasteiger partial charge in [-0.2, -0.15) is 5.26 Å². The monoisotopic (exact) mass is 393 g/mol. The number of nitrogens with one attached hydrogen (secondary N) is 1. The first-order chi connectivity index (χ1) is 14.5. The average Bonchev–Trinajstić information content (AvgIpc) is 2.75. The summed E-state index contributed by atoms with van der Waals surface area (Å²) in [6.07, 6.45) is 0. The Morgan fingerprint density at radius 3 is 2.57 bits per heavy atom. The molecule has 3 aromatic carbocycles. The fourth-order valence-corrected chi connectivity index (χ4v) is 4.31. The summed E-state index contributed by atoms with van der Waals surface area (Å²) in [6.45, 7) is 3.97. The SMILES string of the molecule is Cc1ccc(C)c2[nH]c(=O)c(C3C(C#N)=C(N)Oc4c3ccc3ccccc43)cc12. The van der Waals surface area contributed by atoms with Gasteiger partial charge in [0.05, 0.1) is 11.4 Å². The van der Waals surface area contributed by atoms with Gasteiger partial charge in [-0.05, 0) is 36.4 Å². The van der Waals surface area contributed by atoms with Crippen molar-refractivity contribution in [3.63, 3.8) is 0 Å². The highest BCUT2D eigenvalue weighted by molar-refractivity contribution is 5.91. The number of H-pyrrole nitrogens is 1. The fraction of sp³-hybridized carbons (Fsp3) is 0.120. The predicted octanol–water partition coefficient (Wildman–Crippen LogP) is 4.52. The van der Waals surface area contributed by atoms with Crippen molar-refractivity contribution in [3.8, 4) is 11.8 Å². The highest BCUT2D eigenvalue weighted by Crippen LogP contribution is 2.44. The van der Waals surface area contributed by atoms with E-state index in [1.54, 1.807) is 0 Å². The Morgan fingerprint density at radius 2 is 1.77 bits per heavy atom. The molecule has 1 atom stereocenters. The van der Waals surface area contributed by atoms with Crippen molar-refractivity contribution in [2.45, 2.75) is 19.8 Å². The van der Waals surface area contributed by atoms with Crippen LogP contribution in [0.2, 0.25) is 0 Å². The molecule has 146 valence electrons. The molecule has 0 saturated heterocycles. The molecule has 4 aromatic rings. The van der Waals surface area contributed by atoms with Crippen LogP contribution in [0.5, 0.6) is 5.75 Å². The number of benzene rings is 3. The lowest BCUT2D eigenvalue weighted by molar-refractivity contribution is 0.398. The van der Waals surface area contributed by atoms with E-state index in [-0.39, 0.29) is 17.0 Å². The zero-order valence-corrected chi connectivity index (χ0v) is 16.6. The first kappa shape index (κ1) is 18.0. The Bertz CT molecular complexity index is 1490. The van der Waals surface area contributed by atoms with Crippen molar-refractivity contribution >= 4 is 21.7 Å². The molecule has 5 nitrogen and oxygen atoms in total. The van der Waals surface area contributed by atoms with Gasteiger partial charge >= 0.3 is 0 Å². The molecule has 30 heavy (non-hydrogen) atoms. The lowest BCUT2D eigenvalue weighted by Gasteiger charge is -2.27. The maximum atomic E-state index is 13.2. The zero-order valence-electron chi connectivity index (χ0n) is 16.6. The summed E-state index contributed by atoms with van der Waals surface area (Å²) < 4.78 is 5.89. The van der Waals surface area contributed by atoms with Crippen LogP contribution in [0.4, 0.5) is 0 Å². The summed E-state index contributed by atoms with van der Waals surface area (Å²) in [7, 11) is 0. The van der Waals surface area contributed by atoms with Gasteiger partial charge in [-0.25, -0.2) is 0 Å². The molecule has 0 spiro atoms. The number of nitriles is 1. The molecular weight excluding hydrogens is 374 g/mol. The third kappa shape index (κ3) is 2.51. The van der Waals surface area contributed by atoms with Gasteiger partial charge in [-0.15, -0.1) is 0 Å². The summed E-state index contributed by atoms with van der Waals surface area (Å²) in [5, 5.41) is 12.7. The van der Waals surface area contributed by atoms with Crippen molar-refractivity contribution in [1.82, 2.24) is 4.98 Å². The van der Waals surface area contributed by atoms with Crippen LogP contribution < -0.4 is 16.0 Å². The minimum absolute atomic E-state index is 0.0341. The Morgan fingerprint density at radius 1 is 1.00 bits per heavy atom. The van der Waals surface area contributed by atoms with Crippen LogP contribution in [0.15, 0.2) is 70.8 Å². The zero-order chi connectivity index (χ0) is 21.0. The van der Waals surface area contributed by atoms with Gasteiger partial charge < -0.3 is 15.5 Å². The van der Waals surface area contributed by atoms with E-state index in [1.165, 1.54) is 0 Å². The number of ether oxygens (including phenoxy) is 1. The van der Waals surface area contributed by atoms with Crippen LogP contribution in [0.3, 0.4) is 0 Å². The van der Waals surface area contributed by atoms with Crippen LogP contribution in [0, 0.1) is 25.2 Å². The molecule has 0 amide bonds. The van der Waals surface area contributed by atoms with Crippen LogP contribution in [0.25, 0.3) is 21.7 Å². The normalized spacial score (nSPS) is 15.7. The highest BCUT2D eigenvalue weighted by Gasteiger charge is 2.33. The summed E-state index contributed by atoms with van der Waals surface area (Å²) in [4.78, 5) is 16.2. The molecule has 0 aliphatic carbocycles. The number of nitrogens with two attached hydrogens (primary N) is 1. The molecule has 5 heteroatoms. The van der Waals surface area contributed by atoms with Gasteiger partial charge in [0, 0.05) is 21.9 Å². The Kier molecular flexibility index (Phi) is 3.90. The van der Waals surface area contributed by atoms with Crippen molar-refractivity contribution in [1.29, 1.82) is 5.26 Å². The maximum absolute atomic E-state index is 13.2. The standard InChI is InChI=1S/C25H19N3O2/c1-13-7-8-14(2)22-18(13)11-19(25(29)28-22)21-17-10-9-15-5-3-4-6-16(15)23(17)30-24(27)20(21)12-26/h3-11,21H,27H2,1-2H3,(H,28,29). The van der Waals surface area contributed by atoms with Crippen molar-refractivity contribution in [3.05, 3.63) is 98.7 Å². The summed E-state index contributed by atoms with van der Waals surface area (Å²) in [6, 6.07) is 19.8. The quantitative estimate of drug-likeness (QED) is 0.497. The van der Waals surface area contributed by atoms with E-state index in [2.05, 4.69) is 11.1 Å². The maximum Gasteiger partial charge on any atom is 0.252 e. The third-order valence-corrected chi connectivity index (χ3v) is 5.89. The largest absolute Gasteiger partial charge is 0.440 e. The topological polar surface area (TPSA) is 91.9 Å². The number of rotatable bonds is 1. The highest BCUT2D eigenvalue weighted by atomic mass is 16.5. The molecule has 1 aromatic heterocycles. The van der Waals surface area contributed by atoms with Crippen LogP contribution in [0.1, 0.15) is 28.2 Å².